The molecule has 0 spiro atoms. The molecule has 0 fully saturated rings. The van der Waals surface area contributed by atoms with Crippen LogP contribution in [0.1, 0.15) is 27.5 Å². The van der Waals surface area contributed by atoms with Gasteiger partial charge in [-0.3, -0.25) is 4.79 Å². The van der Waals surface area contributed by atoms with Crippen molar-refractivity contribution in [2.45, 2.75) is 13.0 Å². The molecule has 2 N–H and O–H groups in total. The van der Waals surface area contributed by atoms with Crippen LogP contribution in [0.3, 0.4) is 0 Å². The minimum Gasteiger partial charge on any atom is -0.479 e. The fourth-order valence-electron chi connectivity index (χ4n) is 1.95. The van der Waals surface area contributed by atoms with Gasteiger partial charge in [-0.1, -0.05) is 36.4 Å². The van der Waals surface area contributed by atoms with Crippen LogP contribution in [0.2, 0.25) is 0 Å². The summed E-state index contributed by atoms with van der Waals surface area (Å²) in [6.45, 7) is 1.91. The molecule has 1 atom stereocenters. The van der Waals surface area contributed by atoms with Crippen molar-refractivity contribution in [2.24, 2.45) is 0 Å². The Morgan fingerprint density at radius 3 is 2.38 bits per heavy atom. The summed E-state index contributed by atoms with van der Waals surface area (Å²) in [7, 11) is 0. The molecule has 0 saturated heterocycles. The first-order valence-electron chi connectivity index (χ1n) is 6.34. The van der Waals surface area contributed by atoms with Crippen LogP contribution in [0.15, 0.2) is 53.0 Å². The maximum absolute atomic E-state index is 12.3. The zero-order valence-electron chi connectivity index (χ0n) is 11.3. The van der Waals surface area contributed by atoms with Crippen LogP contribution in [-0.2, 0) is 4.79 Å². The van der Waals surface area contributed by atoms with Gasteiger partial charge in [0.1, 0.15) is 0 Å². The van der Waals surface area contributed by atoms with E-state index in [0.717, 1.165) is 5.56 Å². The Labute approximate surface area is 130 Å². The van der Waals surface area contributed by atoms with Crippen LogP contribution >= 0.6 is 15.9 Å². The van der Waals surface area contributed by atoms with E-state index in [1.165, 1.54) is 0 Å². The van der Waals surface area contributed by atoms with Crippen molar-refractivity contribution in [1.29, 1.82) is 0 Å². The molecule has 0 aromatic heterocycles. The number of amides is 1. The minimum atomic E-state index is -1.10. The molecule has 0 bridgehead atoms. The summed E-state index contributed by atoms with van der Waals surface area (Å²) in [5.74, 6) is -1.53. The summed E-state index contributed by atoms with van der Waals surface area (Å²) < 4.78 is 0.636. The number of nitrogens with one attached hydrogen (secondary N) is 1. The van der Waals surface area contributed by atoms with E-state index in [2.05, 4.69) is 21.2 Å². The number of halogens is 1. The van der Waals surface area contributed by atoms with Crippen LogP contribution in [0.5, 0.6) is 0 Å². The largest absolute Gasteiger partial charge is 0.479 e. The zero-order chi connectivity index (χ0) is 15.4. The van der Waals surface area contributed by atoms with Crippen molar-refractivity contribution in [3.63, 3.8) is 0 Å². The van der Waals surface area contributed by atoms with Crippen LogP contribution in [0, 0.1) is 6.92 Å². The third-order valence-corrected chi connectivity index (χ3v) is 3.68. The first-order valence-corrected chi connectivity index (χ1v) is 7.13. The molecular weight excluding hydrogens is 334 g/mol. The second-order valence-corrected chi connectivity index (χ2v) is 5.49. The Kier molecular flexibility index (Phi) is 4.75. The number of carbonyl (C=O) groups excluding carboxylic acids is 1. The number of benzene rings is 2. The number of carbonyl (C=O) groups is 2. The standard InChI is InChI=1S/C16H14BrNO3/c1-10-7-8-12(13(17)9-10)15(19)18-14(16(20)21)11-5-3-2-4-6-11/h2-9,14H,1H3,(H,18,19)(H,20,21)/t14-/m1/s1. The molecule has 5 heteroatoms. The Hall–Kier alpha value is -2.14. The van der Waals surface area contributed by atoms with Gasteiger partial charge in [0.2, 0.25) is 0 Å². The van der Waals surface area contributed by atoms with Crippen molar-refractivity contribution in [2.75, 3.05) is 0 Å². The van der Waals surface area contributed by atoms with Crippen LogP contribution in [0.25, 0.3) is 0 Å². The van der Waals surface area contributed by atoms with Gasteiger partial charge < -0.3 is 10.4 Å². The molecule has 0 heterocycles. The lowest BCUT2D eigenvalue weighted by Gasteiger charge is -2.15. The highest BCUT2D eigenvalue weighted by molar-refractivity contribution is 9.10. The van der Waals surface area contributed by atoms with Crippen LogP contribution < -0.4 is 5.32 Å². The monoisotopic (exact) mass is 347 g/mol. The quantitative estimate of drug-likeness (QED) is 0.891. The van der Waals surface area contributed by atoms with Crippen molar-refractivity contribution in [3.8, 4) is 0 Å². The molecule has 0 aliphatic heterocycles. The van der Waals surface area contributed by atoms with Crippen molar-refractivity contribution in [1.82, 2.24) is 5.32 Å². The Balaban J connectivity index is 2.25. The molecule has 2 rings (SSSR count). The predicted molar refractivity (Wildman–Crippen MR) is 83.2 cm³/mol. The predicted octanol–water partition coefficient (Wildman–Crippen LogP) is 3.31. The van der Waals surface area contributed by atoms with Crippen molar-refractivity contribution < 1.29 is 14.7 Å². The molecule has 0 unspecified atom stereocenters. The van der Waals surface area contributed by atoms with E-state index < -0.39 is 17.9 Å². The van der Waals surface area contributed by atoms with Gasteiger partial charge in [0, 0.05) is 4.47 Å². The molecule has 21 heavy (non-hydrogen) atoms. The Morgan fingerprint density at radius 1 is 1.14 bits per heavy atom. The third kappa shape index (κ3) is 3.70. The van der Waals surface area contributed by atoms with Gasteiger partial charge >= 0.3 is 5.97 Å². The van der Waals surface area contributed by atoms with E-state index in [1.807, 2.05) is 13.0 Å². The van der Waals surface area contributed by atoms with Crippen LogP contribution in [-0.4, -0.2) is 17.0 Å². The molecule has 0 saturated carbocycles. The minimum absolute atomic E-state index is 0.405. The number of rotatable bonds is 4. The number of carboxylic acid groups (broad SMARTS) is 1. The van der Waals surface area contributed by atoms with Gasteiger partial charge in [0.25, 0.3) is 5.91 Å². The van der Waals surface area contributed by atoms with E-state index in [9.17, 15) is 14.7 Å². The summed E-state index contributed by atoms with van der Waals surface area (Å²) >= 11 is 3.32. The highest BCUT2D eigenvalue weighted by atomic mass is 79.9. The van der Waals surface area contributed by atoms with E-state index in [-0.39, 0.29) is 0 Å². The maximum atomic E-state index is 12.3. The van der Waals surface area contributed by atoms with Gasteiger partial charge in [0.15, 0.2) is 6.04 Å². The fourth-order valence-corrected chi connectivity index (χ4v) is 2.62. The molecule has 2 aromatic rings. The van der Waals surface area contributed by atoms with E-state index in [0.29, 0.717) is 15.6 Å². The maximum Gasteiger partial charge on any atom is 0.330 e. The lowest BCUT2D eigenvalue weighted by molar-refractivity contribution is -0.139. The zero-order valence-corrected chi connectivity index (χ0v) is 12.9. The first-order chi connectivity index (χ1) is 9.99. The molecule has 4 nitrogen and oxygen atoms in total. The molecule has 0 aliphatic carbocycles. The summed E-state index contributed by atoms with van der Waals surface area (Å²) in [6.07, 6.45) is 0. The van der Waals surface area contributed by atoms with Crippen LogP contribution in [0.4, 0.5) is 0 Å². The molecule has 2 aromatic carbocycles. The van der Waals surface area contributed by atoms with Gasteiger partial charge in [-0.2, -0.15) is 0 Å². The first kappa shape index (κ1) is 15.3. The van der Waals surface area contributed by atoms with Gasteiger partial charge in [-0.25, -0.2) is 4.79 Å². The molecule has 0 radical (unpaired) electrons. The van der Waals surface area contributed by atoms with Gasteiger partial charge in [-0.15, -0.1) is 0 Å². The lowest BCUT2D eigenvalue weighted by atomic mass is 10.1. The summed E-state index contributed by atoms with van der Waals surface area (Å²) in [5, 5.41) is 11.9. The van der Waals surface area contributed by atoms with E-state index in [1.54, 1.807) is 42.5 Å². The summed E-state index contributed by atoms with van der Waals surface area (Å²) in [4.78, 5) is 23.6. The average molecular weight is 348 g/mol. The van der Waals surface area contributed by atoms with Crippen molar-refractivity contribution >= 4 is 27.8 Å². The third-order valence-electron chi connectivity index (χ3n) is 3.02. The Morgan fingerprint density at radius 2 is 1.81 bits per heavy atom. The van der Waals surface area contributed by atoms with E-state index in [4.69, 9.17) is 0 Å². The van der Waals surface area contributed by atoms with Gasteiger partial charge in [-0.05, 0) is 46.1 Å². The SMILES string of the molecule is Cc1ccc(C(=O)N[C@@H](C(=O)O)c2ccccc2)c(Br)c1. The second-order valence-electron chi connectivity index (χ2n) is 4.64. The molecule has 0 aliphatic rings. The average Bonchev–Trinajstić information content (AvgIpc) is 2.45. The number of hydrogen-bond acceptors (Lipinski definition) is 2. The molecular formula is C16H14BrNO3. The normalized spacial score (nSPS) is 11.7. The smallest absolute Gasteiger partial charge is 0.330 e. The fraction of sp³-hybridized carbons (Fsp3) is 0.125. The number of hydrogen-bond donors (Lipinski definition) is 2. The molecule has 108 valence electrons. The summed E-state index contributed by atoms with van der Waals surface area (Å²) in [5.41, 5.74) is 1.95. The highest BCUT2D eigenvalue weighted by Crippen LogP contribution is 2.20. The lowest BCUT2D eigenvalue weighted by Crippen LogP contribution is -2.33. The topological polar surface area (TPSA) is 66.4 Å². The number of carboxylic acids is 1. The number of aryl methyl sites for hydroxylation is 1. The highest BCUT2D eigenvalue weighted by Gasteiger charge is 2.23. The van der Waals surface area contributed by atoms with Crippen molar-refractivity contribution in [3.05, 3.63) is 69.7 Å². The number of aliphatic carboxylic acids is 1. The Bertz CT molecular complexity index is 670. The molecule has 1 amide bonds. The summed E-state index contributed by atoms with van der Waals surface area (Å²) in [6, 6.07) is 12.8. The van der Waals surface area contributed by atoms with E-state index >= 15 is 0 Å². The van der Waals surface area contributed by atoms with Gasteiger partial charge in [0.05, 0.1) is 5.56 Å². The second kappa shape index (κ2) is 6.54.